The summed E-state index contributed by atoms with van der Waals surface area (Å²) in [6.07, 6.45) is -2.91. The molecule has 49 heavy (non-hydrogen) atoms. The average Bonchev–Trinajstić information content (AvgIpc) is 3.08. The molecule has 1 fully saturated rings. The standard InChI is InChI=1S/C36H34O13/c1-13-12-18-23(35(41)46-13)27(38)22-17(31(18)49-36-34(45-7)30(44-6)14(2)15(3)47-36)9-8-16-21(22)28(39)25-29(40)24-19(42-4)10-11-20(43-5)32(24)48-33(25)26(16)37/h8-11,13-15,30,34,36,38H,12H2,1-7H3/t13?,14-,15-,30+,34-,36+/m1/s1. The van der Waals surface area contributed by atoms with Crippen molar-refractivity contribution in [1.82, 2.24) is 0 Å². The normalized spacial score (nSPS) is 24.7. The summed E-state index contributed by atoms with van der Waals surface area (Å²) in [5.41, 5.74) is -1.82. The predicted molar refractivity (Wildman–Crippen MR) is 172 cm³/mol. The van der Waals surface area contributed by atoms with Crippen LogP contribution in [0.3, 0.4) is 0 Å². The molecule has 0 saturated carbocycles. The van der Waals surface area contributed by atoms with E-state index in [1.54, 1.807) is 14.0 Å². The van der Waals surface area contributed by atoms with Gasteiger partial charge in [0.15, 0.2) is 17.1 Å². The third-order valence-electron chi connectivity index (χ3n) is 9.79. The highest BCUT2D eigenvalue weighted by atomic mass is 16.7. The van der Waals surface area contributed by atoms with Crippen LogP contribution in [0.2, 0.25) is 0 Å². The summed E-state index contributed by atoms with van der Waals surface area (Å²) >= 11 is 0. The summed E-state index contributed by atoms with van der Waals surface area (Å²) in [5.74, 6) is -3.31. The summed E-state index contributed by atoms with van der Waals surface area (Å²) in [4.78, 5) is 56.0. The Bertz CT molecular complexity index is 2150. The number of rotatable bonds is 6. The maximum atomic E-state index is 14.5. The first kappa shape index (κ1) is 32.6. The number of methoxy groups -OCH3 is 4. The van der Waals surface area contributed by atoms with Gasteiger partial charge in [-0.2, -0.15) is 0 Å². The van der Waals surface area contributed by atoms with Crippen LogP contribution in [0.1, 0.15) is 68.7 Å². The van der Waals surface area contributed by atoms with Crippen molar-refractivity contribution in [3.05, 3.63) is 68.1 Å². The van der Waals surface area contributed by atoms with Gasteiger partial charge in [-0.15, -0.1) is 0 Å². The van der Waals surface area contributed by atoms with Crippen LogP contribution in [0.15, 0.2) is 33.5 Å². The SMILES string of the molecule is COc1ccc(OC)c2c(=O)c3c(oc12)C(=O)c1ccc2c(O[C@@H]4O[C@H](C)[C@@H](C)[C@H](OC)[C@H]4OC)c4c(c(O)c2c1C3=O)C(=O)OC(C)C4. The summed E-state index contributed by atoms with van der Waals surface area (Å²) in [6, 6.07) is 5.90. The Labute approximate surface area is 279 Å². The summed E-state index contributed by atoms with van der Waals surface area (Å²) in [7, 11) is 5.78. The minimum atomic E-state index is -1.04. The molecular formula is C36H34O13. The Kier molecular flexibility index (Phi) is 7.88. The van der Waals surface area contributed by atoms with Crippen molar-refractivity contribution in [3.63, 3.8) is 0 Å². The van der Waals surface area contributed by atoms with E-state index < -0.39 is 64.6 Å². The maximum absolute atomic E-state index is 14.5. The number of phenols is 1. The number of benzene rings is 3. The van der Waals surface area contributed by atoms with Gasteiger partial charge in [-0.3, -0.25) is 14.4 Å². The van der Waals surface area contributed by atoms with Crippen LogP contribution in [-0.4, -0.2) is 81.8 Å². The first-order chi connectivity index (χ1) is 23.5. The molecule has 13 nitrogen and oxygen atoms in total. The molecule has 13 heteroatoms. The first-order valence-electron chi connectivity index (χ1n) is 15.7. The predicted octanol–water partition coefficient (Wildman–Crippen LogP) is 4.34. The molecule has 1 saturated heterocycles. The van der Waals surface area contributed by atoms with Crippen LogP contribution in [0.4, 0.5) is 0 Å². The van der Waals surface area contributed by atoms with Gasteiger partial charge in [-0.1, -0.05) is 6.92 Å². The zero-order valence-electron chi connectivity index (χ0n) is 27.8. The summed E-state index contributed by atoms with van der Waals surface area (Å²) in [6.45, 7) is 5.54. The van der Waals surface area contributed by atoms with Gasteiger partial charge in [0.2, 0.25) is 23.3 Å². The Hall–Kier alpha value is -4.98. The third-order valence-corrected chi connectivity index (χ3v) is 9.79. The van der Waals surface area contributed by atoms with E-state index in [2.05, 4.69) is 0 Å². The van der Waals surface area contributed by atoms with E-state index >= 15 is 0 Å². The molecule has 1 unspecified atom stereocenters. The van der Waals surface area contributed by atoms with Crippen molar-refractivity contribution in [1.29, 1.82) is 0 Å². The Morgan fingerprint density at radius 2 is 1.49 bits per heavy atom. The molecular weight excluding hydrogens is 640 g/mol. The van der Waals surface area contributed by atoms with E-state index in [1.807, 2.05) is 13.8 Å². The van der Waals surface area contributed by atoms with Crippen LogP contribution in [-0.2, 0) is 25.4 Å². The van der Waals surface area contributed by atoms with Crippen molar-refractivity contribution >= 4 is 39.3 Å². The number of ether oxygens (including phenoxy) is 7. The average molecular weight is 675 g/mol. The quantitative estimate of drug-likeness (QED) is 0.253. The van der Waals surface area contributed by atoms with E-state index in [0.29, 0.717) is 5.56 Å². The fraction of sp³-hybridized carbons (Fsp3) is 0.389. The molecule has 1 N–H and O–H groups in total. The van der Waals surface area contributed by atoms with Crippen LogP contribution >= 0.6 is 0 Å². The van der Waals surface area contributed by atoms with E-state index in [-0.39, 0.29) is 74.1 Å². The molecule has 6 atom stereocenters. The molecule has 7 rings (SSSR count). The van der Waals surface area contributed by atoms with E-state index in [1.165, 1.54) is 45.6 Å². The second-order valence-corrected chi connectivity index (χ2v) is 12.4. The Morgan fingerprint density at radius 3 is 2.16 bits per heavy atom. The smallest absolute Gasteiger partial charge is 0.342 e. The number of fused-ring (bicyclic) bond motifs is 6. The zero-order chi connectivity index (χ0) is 35.0. The molecule has 2 aliphatic heterocycles. The minimum absolute atomic E-state index is 0.0626. The topological polar surface area (TPSA) is 166 Å². The number of hydrogen-bond acceptors (Lipinski definition) is 13. The summed E-state index contributed by atoms with van der Waals surface area (Å²) in [5, 5.41) is 11.7. The van der Waals surface area contributed by atoms with Gasteiger partial charge in [0.25, 0.3) is 0 Å². The van der Waals surface area contributed by atoms with Crippen LogP contribution in [0.5, 0.6) is 23.0 Å². The number of esters is 1. The fourth-order valence-electron chi connectivity index (χ4n) is 7.25. The van der Waals surface area contributed by atoms with Crippen molar-refractivity contribution in [2.45, 2.75) is 57.9 Å². The lowest BCUT2D eigenvalue weighted by Gasteiger charge is -2.43. The van der Waals surface area contributed by atoms with Gasteiger partial charge in [0.05, 0.1) is 26.4 Å². The molecule has 1 aromatic heterocycles. The molecule has 0 spiro atoms. The molecule has 256 valence electrons. The zero-order valence-corrected chi connectivity index (χ0v) is 27.8. The lowest BCUT2D eigenvalue weighted by Crippen LogP contribution is -2.56. The summed E-state index contributed by atoms with van der Waals surface area (Å²) < 4.78 is 46.6. The molecule has 4 aromatic rings. The second kappa shape index (κ2) is 11.9. The minimum Gasteiger partial charge on any atom is -0.506 e. The number of aromatic hydroxyl groups is 1. The third kappa shape index (κ3) is 4.63. The van der Waals surface area contributed by atoms with Gasteiger partial charge in [0, 0.05) is 54.0 Å². The highest BCUT2D eigenvalue weighted by Crippen LogP contribution is 2.48. The molecule has 0 amide bonds. The highest BCUT2D eigenvalue weighted by molar-refractivity contribution is 6.33. The lowest BCUT2D eigenvalue weighted by molar-refractivity contribution is -0.262. The number of carbonyl (C=O) groups is 3. The molecule has 3 aliphatic rings. The number of cyclic esters (lactones) is 1. The molecule has 0 radical (unpaired) electrons. The van der Waals surface area contributed by atoms with E-state index in [9.17, 15) is 24.3 Å². The van der Waals surface area contributed by atoms with E-state index in [0.717, 1.165) is 0 Å². The monoisotopic (exact) mass is 674 g/mol. The lowest BCUT2D eigenvalue weighted by atomic mass is 9.81. The second-order valence-electron chi connectivity index (χ2n) is 12.4. The van der Waals surface area contributed by atoms with Crippen molar-refractivity contribution in [2.24, 2.45) is 5.92 Å². The van der Waals surface area contributed by atoms with Gasteiger partial charge in [-0.25, -0.2) is 4.79 Å². The molecule has 1 aliphatic carbocycles. The number of hydrogen-bond donors (Lipinski definition) is 1. The van der Waals surface area contributed by atoms with Gasteiger partial charge in [0.1, 0.15) is 46.0 Å². The Balaban J connectivity index is 1.51. The molecule has 0 bridgehead atoms. The van der Waals surface area contributed by atoms with Gasteiger partial charge < -0.3 is 42.7 Å². The first-order valence-corrected chi connectivity index (χ1v) is 15.7. The van der Waals surface area contributed by atoms with Crippen molar-refractivity contribution < 1.29 is 57.1 Å². The fourth-order valence-corrected chi connectivity index (χ4v) is 7.25. The van der Waals surface area contributed by atoms with E-state index in [4.69, 9.17) is 37.6 Å². The van der Waals surface area contributed by atoms with Gasteiger partial charge >= 0.3 is 5.97 Å². The highest BCUT2D eigenvalue weighted by Gasteiger charge is 2.46. The van der Waals surface area contributed by atoms with Crippen molar-refractivity contribution in [3.8, 4) is 23.0 Å². The molecule has 3 aromatic carbocycles. The van der Waals surface area contributed by atoms with Crippen LogP contribution in [0.25, 0.3) is 21.7 Å². The van der Waals surface area contributed by atoms with Crippen LogP contribution < -0.4 is 19.6 Å². The number of carbonyl (C=O) groups excluding carboxylic acids is 3. The van der Waals surface area contributed by atoms with Crippen LogP contribution in [0, 0.1) is 5.92 Å². The van der Waals surface area contributed by atoms with Gasteiger partial charge in [-0.05, 0) is 38.1 Å². The number of ketones is 2. The Morgan fingerprint density at radius 1 is 0.796 bits per heavy atom. The van der Waals surface area contributed by atoms with Crippen molar-refractivity contribution in [2.75, 3.05) is 28.4 Å². The number of phenolic OH excluding ortho intramolecular Hbond substituents is 1. The molecule has 3 heterocycles. The largest absolute Gasteiger partial charge is 0.506 e. The maximum Gasteiger partial charge on any atom is 0.342 e.